The topological polar surface area (TPSA) is 201 Å². The summed E-state index contributed by atoms with van der Waals surface area (Å²) in [6.07, 6.45) is 0.399. The first-order valence-electron chi connectivity index (χ1n) is 9.61. The van der Waals surface area contributed by atoms with E-state index in [4.69, 9.17) is 4.74 Å². The van der Waals surface area contributed by atoms with Gasteiger partial charge in [-0.3, -0.25) is 13.5 Å². The van der Waals surface area contributed by atoms with Gasteiger partial charge in [0.05, 0.1) is 22.9 Å². The van der Waals surface area contributed by atoms with Crippen molar-refractivity contribution in [2.75, 3.05) is 26.1 Å². The van der Waals surface area contributed by atoms with Gasteiger partial charge >= 0.3 is 29.6 Å². The molecule has 1 heterocycles. The van der Waals surface area contributed by atoms with Crippen LogP contribution in [0.3, 0.4) is 0 Å². The Labute approximate surface area is 224 Å². The number of aromatic nitrogens is 1. The van der Waals surface area contributed by atoms with E-state index in [9.17, 15) is 36.6 Å². The van der Waals surface area contributed by atoms with Crippen molar-refractivity contribution in [3.8, 4) is 11.9 Å². The largest absolute Gasteiger partial charge is 1.00 e. The van der Waals surface area contributed by atoms with Gasteiger partial charge < -0.3 is 14.4 Å². The molecule has 0 aliphatic rings. The molecule has 0 amide bonds. The summed E-state index contributed by atoms with van der Waals surface area (Å²) < 4.78 is 65.5. The number of aromatic hydroxyl groups is 1. The minimum absolute atomic E-state index is 0. The zero-order valence-corrected chi connectivity index (χ0v) is 22.8. The van der Waals surface area contributed by atoms with Crippen molar-refractivity contribution in [3.63, 3.8) is 0 Å². The number of pyridine rings is 1. The number of rotatable bonds is 11. The van der Waals surface area contributed by atoms with Gasteiger partial charge in [0.1, 0.15) is 11.6 Å². The van der Waals surface area contributed by atoms with E-state index in [1.54, 1.807) is 0 Å². The Kier molecular flexibility index (Phi) is 11.7. The van der Waals surface area contributed by atoms with Crippen LogP contribution in [0.2, 0.25) is 0 Å². The molecule has 1 N–H and O–H groups in total. The van der Waals surface area contributed by atoms with Crippen molar-refractivity contribution in [2.45, 2.75) is 24.8 Å². The quantitative estimate of drug-likeness (QED) is 0.115. The molecule has 184 valence electrons. The van der Waals surface area contributed by atoms with Crippen molar-refractivity contribution < 1.29 is 65.0 Å². The molecule has 13 nitrogen and oxygen atoms in total. The molecule has 0 aliphatic carbocycles. The number of nitrogens with zero attached hydrogens (tertiary/aromatic N) is 4. The Morgan fingerprint density at radius 2 is 1.77 bits per heavy atom. The monoisotopic (exact) mass is 536 g/mol. The van der Waals surface area contributed by atoms with Crippen LogP contribution in [-0.2, 0) is 35.7 Å². The van der Waals surface area contributed by atoms with E-state index in [1.165, 1.54) is 38.3 Å². The molecule has 1 aromatic heterocycles. The number of ether oxygens (including phenoxy) is 1. The van der Waals surface area contributed by atoms with Crippen LogP contribution in [0.4, 0.5) is 11.4 Å². The van der Waals surface area contributed by atoms with Crippen LogP contribution in [0, 0.1) is 18.3 Å². The van der Waals surface area contributed by atoms with E-state index >= 15 is 0 Å². The summed E-state index contributed by atoms with van der Waals surface area (Å²) in [5.74, 6) is -1.22. The molecule has 0 spiro atoms. The molecule has 1 aromatic carbocycles. The predicted octanol–water partition coefficient (Wildman–Crippen LogP) is -1.56. The molecule has 0 saturated heterocycles. The zero-order valence-electron chi connectivity index (χ0n) is 19.2. The molecule has 0 atom stereocenters. The minimum Gasteiger partial charge on any atom is -0.726 e. The zero-order chi connectivity index (χ0) is 25.5. The third-order valence-electron chi connectivity index (χ3n) is 4.54. The van der Waals surface area contributed by atoms with E-state index < -0.39 is 44.0 Å². The normalized spacial score (nSPS) is 11.8. The molecular formula is C19H21N4NaO9S2. The Hall–Kier alpha value is -2.16. The molecule has 16 heteroatoms. The molecule has 0 aliphatic heterocycles. The third kappa shape index (κ3) is 8.47. The van der Waals surface area contributed by atoms with Crippen LogP contribution in [0.1, 0.15) is 17.5 Å². The number of hydrogen-bond acceptors (Lipinski definition) is 12. The van der Waals surface area contributed by atoms with Crippen LogP contribution in [0.25, 0.3) is 0 Å². The van der Waals surface area contributed by atoms with Gasteiger partial charge in [-0.05, 0) is 37.6 Å². The summed E-state index contributed by atoms with van der Waals surface area (Å²) in [6.45, 7) is 1.02. The number of benzene rings is 1. The van der Waals surface area contributed by atoms with Crippen molar-refractivity contribution >= 4 is 31.6 Å². The number of nitriles is 1. The predicted molar refractivity (Wildman–Crippen MR) is 117 cm³/mol. The molecule has 0 radical (unpaired) electrons. The Bertz CT molecular complexity index is 1380. The van der Waals surface area contributed by atoms with Crippen LogP contribution in [-0.4, -0.2) is 57.1 Å². The smallest absolute Gasteiger partial charge is 0.726 e. The van der Waals surface area contributed by atoms with Crippen molar-refractivity contribution in [3.05, 3.63) is 45.7 Å². The van der Waals surface area contributed by atoms with E-state index in [2.05, 4.69) is 14.4 Å². The maximum Gasteiger partial charge on any atom is 1.00 e. The van der Waals surface area contributed by atoms with Gasteiger partial charge in [-0.1, -0.05) is 0 Å². The maximum atomic E-state index is 12.8. The molecule has 0 unspecified atom stereocenters. The fourth-order valence-electron chi connectivity index (χ4n) is 2.82. The fourth-order valence-corrected chi connectivity index (χ4v) is 4.31. The summed E-state index contributed by atoms with van der Waals surface area (Å²) in [6, 6.07) is 6.78. The van der Waals surface area contributed by atoms with Crippen LogP contribution < -0.4 is 35.1 Å². The van der Waals surface area contributed by atoms with Gasteiger partial charge in [0.15, 0.2) is 15.5 Å². The van der Waals surface area contributed by atoms with Crippen LogP contribution in [0.5, 0.6) is 5.88 Å². The summed E-state index contributed by atoms with van der Waals surface area (Å²) in [4.78, 5) is 12.6. The average Bonchev–Trinajstić information content (AvgIpc) is 2.75. The van der Waals surface area contributed by atoms with E-state index in [0.717, 1.165) is 4.57 Å². The molecule has 2 aromatic rings. The van der Waals surface area contributed by atoms with Gasteiger partial charge in [-0.15, -0.1) is 5.11 Å². The van der Waals surface area contributed by atoms with Gasteiger partial charge in [-0.2, -0.15) is 10.4 Å². The summed E-state index contributed by atoms with van der Waals surface area (Å²) >= 11 is 0. The SMILES string of the molecule is COCCCn1c(O)c(C#N)c(C)c(N=Nc2ccc(S(=O)(=O)CCOS(=O)(=O)[O-])cc2)c1=O.[Na+]. The van der Waals surface area contributed by atoms with E-state index in [0.29, 0.717) is 13.0 Å². The number of sulfone groups is 1. The molecule has 2 rings (SSSR count). The second-order valence-electron chi connectivity index (χ2n) is 6.83. The minimum atomic E-state index is -5.01. The first-order chi connectivity index (χ1) is 15.9. The van der Waals surface area contributed by atoms with E-state index in [1.807, 2.05) is 6.07 Å². The van der Waals surface area contributed by atoms with Crippen LogP contribution in [0.15, 0.2) is 44.2 Å². The maximum absolute atomic E-state index is 12.8. The van der Waals surface area contributed by atoms with Crippen molar-refractivity contribution in [1.29, 1.82) is 5.26 Å². The first-order valence-corrected chi connectivity index (χ1v) is 12.6. The first kappa shape index (κ1) is 30.9. The second-order valence-corrected chi connectivity index (χ2v) is 9.99. The fraction of sp³-hybridized carbons (Fsp3) is 0.368. The van der Waals surface area contributed by atoms with E-state index in [-0.39, 0.29) is 63.5 Å². The molecular weight excluding hydrogens is 515 g/mol. The van der Waals surface area contributed by atoms with Gasteiger partial charge in [0, 0.05) is 25.8 Å². The number of azo groups is 1. The number of methoxy groups -OCH3 is 1. The molecule has 0 saturated carbocycles. The van der Waals surface area contributed by atoms with Gasteiger partial charge in [-0.25, -0.2) is 16.8 Å². The summed E-state index contributed by atoms with van der Waals surface area (Å²) in [5.41, 5.74) is -0.659. The Balaban J connectivity index is 0.00000612. The molecule has 0 bridgehead atoms. The van der Waals surface area contributed by atoms with Gasteiger partial charge in [0.2, 0.25) is 16.3 Å². The standard InChI is InChI=1S/C19H22N4O9S2.Na/c1-13-16(12-20)18(24)23(8-3-9-31-2)19(25)17(13)22-21-14-4-6-15(7-5-14)33(26,27)11-10-32-34(28,29)30;/h4-7,24H,3,8-11H2,1-2H3,(H,28,29,30);/q;+1/p-1. The number of hydrogen-bond donors (Lipinski definition) is 1. The molecule has 35 heavy (non-hydrogen) atoms. The van der Waals surface area contributed by atoms with Crippen LogP contribution >= 0.6 is 0 Å². The van der Waals surface area contributed by atoms with Crippen molar-refractivity contribution in [2.24, 2.45) is 10.2 Å². The summed E-state index contributed by atoms with van der Waals surface area (Å²) in [7, 11) is -7.46. The average molecular weight is 537 g/mol. The third-order valence-corrected chi connectivity index (χ3v) is 6.69. The molecule has 0 fully saturated rings. The van der Waals surface area contributed by atoms with Gasteiger partial charge in [0.25, 0.3) is 5.56 Å². The Morgan fingerprint density at radius 3 is 2.31 bits per heavy atom. The summed E-state index contributed by atoms with van der Waals surface area (Å²) in [5, 5.41) is 27.5. The Morgan fingerprint density at radius 1 is 1.14 bits per heavy atom. The van der Waals surface area contributed by atoms with Crippen molar-refractivity contribution in [1.82, 2.24) is 4.57 Å². The second kappa shape index (κ2) is 13.2.